The third kappa shape index (κ3) is 3.78. The van der Waals surface area contributed by atoms with Crippen molar-refractivity contribution >= 4 is 44.0 Å². The molecule has 7 heteroatoms. The fraction of sp³-hybridized carbons (Fsp3) is 0.450. The molecule has 1 saturated heterocycles. The maximum Gasteiger partial charge on any atom is 0.410 e. The van der Waals surface area contributed by atoms with E-state index in [2.05, 4.69) is 25.9 Å². The molecule has 1 amide bonds. The summed E-state index contributed by atoms with van der Waals surface area (Å²) < 4.78 is 6.53. The molecule has 1 fully saturated rings. The lowest BCUT2D eigenvalue weighted by Gasteiger charge is -2.33. The summed E-state index contributed by atoms with van der Waals surface area (Å²) in [5, 5.41) is 1.03. The van der Waals surface area contributed by atoms with Gasteiger partial charge in [0.15, 0.2) is 0 Å². The number of likely N-dealkylation sites (tertiary alicyclic amines) is 1. The molecule has 3 heterocycles. The van der Waals surface area contributed by atoms with Crippen molar-refractivity contribution < 1.29 is 9.53 Å². The van der Waals surface area contributed by atoms with Crippen LogP contribution in [0.5, 0.6) is 0 Å². The van der Waals surface area contributed by atoms with Crippen molar-refractivity contribution in [3.63, 3.8) is 0 Å². The highest BCUT2D eigenvalue weighted by atomic mass is 79.9. The van der Waals surface area contributed by atoms with Gasteiger partial charge in [0.25, 0.3) is 0 Å². The molecule has 1 aliphatic rings. The van der Waals surface area contributed by atoms with Crippen LogP contribution in [0.3, 0.4) is 0 Å². The minimum absolute atomic E-state index is 0.171. The first kappa shape index (κ1) is 18.2. The largest absolute Gasteiger partial charge is 0.444 e. The van der Waals surface area contributed by atoms with Gasteiger partial charge >= 0.3 is 6.09 Å². The SMILES string of the molecule is CC(C)(C)OC(=O)N1CCC[C@@H](c2nc3c(cnc4cc(Br)ccc43)[nH]2)C1. The maximum atomic E-state index is 12.4. The molecule has 0 aliphatic carbocycles. The number of hydrogen-bond donors (Lipinski definition) is 1. The summed E-state index contributed by atoms with van der Waals surface area (Å²) in [5.41, 5.74) is 2.28. The number of fused-ring (bicyclic) bond motifs is 3. The Bertz CT molecular complexity index is 1010. The summed E-state index contributed by atoms with van der Waals surface area (Å²) in [6.07, 6.45) is 3.51. The van der Waals surface area contributed by atoms with Crippen LogP contribution >= 0.6 is 15.9 Å². The molecule has 6 nitrogen and oxygen atoms in total. The number of rotatable bonds is 1. The third-order valence-corrected chi connectivity index (χ3v) is 5.25. The van der Waals surface area contributed by atoms with Gasteiger partial charge in [0, 0.05) is 28.9 Å². The number of hydrogen-bond acceptors (Lipinski definition) is 4. The lowest BCUT2D eigenvalue weighted by molar-refractivity contribution is 0.0196. The zero-order valence-corrected chi connectivity index (χ0v) is 17.3. The highest BCUT2D eigenvalue weighted by molar-refractivity contribution is 9.10. The zero-order chi connectivity index (χ0) is 19.2. The quantitative estimate of drug-likeness (QED) is 0.590. The summed E-state index contributed by atoms with van der Waals surface area (Å²) in [7, 11) is 0. The Labute approximate surface area is 166 Å². The normalized spacial score (nSPS) is 18.2. The number of ether oxygens (including phenoxy) is 1. The molecule has 0 spiro atoms. The topological polar surface area (TPSA) is 71.1 Å². The lowest BCUT2D eigenvalue weighted by Crippen LogP contribution is -2.42. The number of aromatic amines is 1. The number of imidazole rings is 1. The molecule has 2 aromatic heterocycles. The molecule has 0 radical (unpaired) electrons. The van der Waals surface area contributed by atoms with E-state index < -0.39 is 5.60 Å². The predicted molar refractivity (Wildman–Crippen MR) is 109 cm³/mol. The second kappa shape index (κ2) is 6.78. The molecule has 27 heavy (non-hydrogen) atoms. The van der Waals surface area contributed by atoms with E-state index in [-0.39, 0.29) is 12.0 Å². The average Bonchev–Trinajstić information content (AvgIpc) is 3.04. The zero-order valence-electron chi connectivity index (χ0n) is 15.8. The number of piperidine rings is 1. The summed E-state index contributed by atoms with van der Waals surface area (Å²) in [5.74, 6) is 1.08. The van der Waals surface area contributed by atoms with Gasteiger partial charge < -0.3 is 14.6 Å². The summed E-state index contributed by atoms with van der Waals surface area (Å²) >= 11 is 3.49. The highest BCUT2D eigenvalue weighted by Crippen LogP contribution is 2.30. The Morgan fingerprint density at radius 2 is 2.19 bits per heavy atom. The average molecular weight is 431 g/mol. The highest BCUT2D eigenvalue weighted by Gasteiger charge is 2.30. The molecule has 0 unspecified atom stereocenters. The number of carbonyl (C=O) groups excluding carboxylic acids is 1. The van der Waals surface area contributed by atoms with Gasteiger partial charge in [0.05, 0.1) is 22.7 Å². The molecule has 0 saturated carbocycles. The maximum absolute atomic E-state index is 12.4. The second-order valence-corrected chi connectivity index (χ2v) is 8.99. The number of amides is 1. The van der Waals surface area contributed by atoms with Crippen LogP contribution in [0.15, 0.2) is 28.9 Å². The van der Waals surface area contributed by atoms with E-state index in [9.17, 15) is 4.79 Å². The Balaban J connectivity index is 1.62. The van der Waals surface area contributed by atoms with Crippen LogP contribution in [0.4, 0.5) is 4.79 Å². The summed E-state index contributed by atoms with van der Waals surface area (Å²) in [6.45, 7) is 7.02. The molecule has 1 aromatic carbocycles. The lowest BCUT2D eigenvalue weighted by atomic mass is 9.98. The van der Waals surface area contributed by atoms with Crippen molar-refractivity contribution in [2.75, 3.05) is 13.1 Å². The Hall–Kier alpha value is -2.15. The van der Waals surface area contributed by atoms with E-state index in [0.717, 1.165) is 51.6 Å². The fourth-order valence-electron chi connectivity index (χ4n) is 3.54. The number of halogens is 1. The van der Waals surface area contributed by atoms with Crippen LogP contribution in [0.25, 0.3) is 21.9 Å². The molecule has 1 aliphatic heterocycles. The number of pyridine rings is 1. The van der Waals surface area contributed by atoms with Gasteiger partial charge in [-0.3, -0.25) is 4.98 Å². The Kier molecular flexibility index (Phi) is 4.58. The third-order valence-electron chi connectivity index (χ3n) is 4.76. The molecule has 1 atom stereocenters. The monoisotopic (exact) mass is 430 g/mol. The first-order chi connectivity index (χ1) is 12.8. The van der Waals surface area contributed by atoms with Crippen LogP contribution in [-0.4, -0.2) is 44.6 Å². The molecule has 1 N–H and O–H groups in total. The van der Waals surface area contributed by atoms with Crippen molar-refractivity contribution in [1.29, 1.82) is 0 Å². The van der Waals surface area contributed by atoms with E-state index in [1.807, 2.05) is 45.2 Å². The molecule has 0 bridgehead atoms. The molecular formula is C20H23BrN4O2. The van der Waals surface area contributed by atoms with Gasteiger partial charge in [-0.15, -0.1) is 0 Å². The standard InChI is InChI=1S/C20H23BrN4O2/c1-20(2,3)27-19(26)25-8-4-5-12(11-25)18-23-16-10-22-15-9-13(21)6-7-14(15)17(16)24-18/h6-7,9-10,12H,4-5,8,11H2,1-3H3,(H,23,24)/t12-/m1/s1. The van der Waals surface area contributed by atoms with Crippen LogP contribution in [0.1, 0.15) is 45.4 Å². The minimum atomic E-state index is -0.484. The second-order valence-electron chi connectivity index (χ2n) is 8.07. The van der Waals surface area contributed by atoms with Crippen LogP contribution in [0, 0.1) is 0 Å². The van der Waals surface area contributed by atoms with Gasteiger partial charge in [-0.2, -0.15) is 0 Å². The Morgan fingerprint density at radius 3 is 2.96 bits per heavy atom. The van der Waals surface area contributed by atoms with E-state index in [1.165, 1.54) is 0 Å². The van der Waals surface area contributed by atoms with Crippen molar-refractivity contribution in [3.05, 3.63) is 34.7 Å². The number of nitrogens with zero attached hydrogens (tertiary/aromatic N) is 3. The number of carbonyl (C=O) groups is 1. The van der Waals surface area contributed by atoms with E-state index in [4.69, 9.17) is 9.72 Å². The number of H-pyrrole nitrogens is 1. The van der Waals surface area contributed by atoms with Gasteiger partial charge in [-0.1, -0.05) is 15.9 Å². The first-order valence-electron chi connectivity index (χ1n) is 9.22. The molecule has 142 valence electrons. The van der Waals surface area contributed by atoms with Crippen molar-refractivity contribution in [3.8, 4) is 0 Å². The van der Waals surface area contributed by atoms with Crippen LogP contribution < -0.4 is 0 Å². The first-order valence-corrected chi connectivity index (χ1v) is 10.0. The van der Waals surface area contributed by atoms with Gasteiger partial charge in [-0.25, -0.2) is 9.78 Å². The molecule has 4 rings (SSSR count). The van der Waals surface area contributed by atoms with Crippen LogP contribution in [-0.2, 0) is 4.74 Å². The van der Waals surface area contributed by atoms with Crippen molar-refractivity contribution in [2.45, 2.75) is 45.1 Å². The minimum Gasteiger partial charge on any atom is -0.444 e. The smallest absolute Gasteiger partial charge is 0.410 e. The fourth-order valence-corrected chi connectivity index (χ4v) is 3.89. The molecule has 3 aromatic rings. The van der Waals surface area contributed by atoms with Gasteiger partial charge in [-0.05, 0) is 51.8 Å². The summed E-state index contributed by atoms with van der Waals surface area (Å²) in [6, 6.07) is 6.03. The Morgan fingerprint density at radius 1 is 1.37 bits per heavy atom. The van der Waals surface area contributed by atoms with Gasteiger partial charge in [0.1, 0.15) is 11.4 Å². The van der Waals surface area contributed by atoms with Crippen LogP contribution in [0.2, 0.25) is 0 Å². The summed E-state index contributed by atoms with van der Waals surface area (Å²) in [4.78, 5) is 27.0. The van der Waals surface area contributed by atoms with Crippen molar-refractivity contribution in [1.82, 2.24) is 19.9 Å². The van der Waals surface area contributed by atoms with E-state index in [0.29, 0.717) is 6.54 Å². The predicted octanol–water partition coefficient (Wildman–Crippen LogP) is 4.99. The number of nitrogens with one attached hydrogen (secondary N) is 1. The molecular weight excluding hydrogens is 408 g/mol. The van der Waals surface area contributed by atoms with E-state index in [1.54, 1.807) is 4.90 Å². The van der Waals surface area contributed by atoms with E-state index >= 15 is 0 Å². The van der Waals surface area contributed by atoms with Gasteiger partial charge in [0.2, 0.25) is 0 Å². The number of aromatic nitrogens is 3. The van der Waals surface area contributed by atoms with Crippen molar-refractivity contribution in [2.24, 2.45) is 0 Å². The number of benzene rings is 1.